The normalized spacial score (nSPS) is 12.4. The van der Waals surface area contributed by atoms with Crippen molar-refractivity contribution in [3.8, 4) is 0 Å². The molecular formula is C25H53AlO2. The van der Waals surface area contributed by atoms with Crippen LogP contribution in [-0.4, -0.2) is 27.5 Å². The molecule has 3 heteroatoms. The van der Waals surface area contributed by atoms with Crippen molar-refractivity contribution in [2.45, 2.75) is 155 Å². The summed E-state index contributed by atoms with van der Waals surface area (Å²) in [7, 11) is 0. The highest BCUT2D eigenvalue weighted by Gasteiger charge is 2.26. The largest absolute Gasteiger partial charge is 0.674 e. The number of unbranched alkanes of at least 4 members (excludes halogenated alkanes) is 15. The van der Waals surface area contributed by atoms with Gasteiger partial charge in [-0.15, -0.1) is 0 Å². The van der Waals surface area contributed by atoms with E-state index >= 15 is 0 Å². The summed E-state index contributed by atoms with van der Waals surface area (Å²) in [5, 5.41) is 1.20. The van der Waals surface area contributed by atoms with Crippen molar-refractivity contribution in [3.05, 3.63) is 0 Å². The molecule has 0 aromatic heterocycles. The van der Waals surface area contributed by atoms with E-state index in [1.807, 2.05) is 0 Å². The average molecular weight is 413 g/mol. The molecule has 0 amide bonds. The second-order valence-corrected chi connectivity index (χ2v) is 10.8. The molecule has 2 nitrogen and oxygen atoms in total. The molecular weight excluding hydrogens is 359 g/mol. The van der Waals surface area contributed by atoms with Crippen LogP contribution in [0.15, 0.2) is 0 Å². The van der Waals surface area contributed by atoms with Crippen LogP contribution in [0, 0.1) is 0 Å². The fourth-order valence-electron chi connectivity index (χ4n) is 3.89. The molecule has 0 rings (SSSR count). The first-order valence-corrected chi connectivity index (χ1v) is 14.8. The predicted molar refractivity (Wildman–Crippen MR) is 127 cm³/mol. The summed E-state index contributed by atoms with van der Waals surface area (Å²) in [5.41, 5.74) is 0. The van der Waals surface area contributed by atoms with E-state index in [0.29, 0.717) is 6.10 Å². The third kappa shape index (κ3) is 21.2. The summed E-state index contributed by atoms with van der Waals surface area (Å²) >= 11 is -1.44. The van der Waals surface area contributed by atoms with Gasteiger partial charge in [0.2, 0.25) is 0 Å². The summed E-state index contributed by atoms with van der Waals surface area (Å²) in [6.07, 6.45) is 25.3. The van der Waals surface area contributed by atoms with Gasteiger partial charge >= 0.3 is 14.8 Å². The maximum atomic E-state index is 6.33. The van der Waals surface area contributed by atoms with Gasteiger partial charge in [0.1, 0.15) is 0 Å². The van der Waals surface area contributed by atoms with Crippen LogP contribution in [0.2, 0.25) is 5.28 Å². The Balaban J connectivity index is 3.55. The number of rotatable bonds is 23. The minimum atomic E-state index is -1.44. The number of hydrogen-bond donors (Lipinski definition) is 0. The van der Waals surface area contributed by atoms with Gasteiger partial charge in [0.25, 0.3) is 0 Å². The Labute approximate surface area is 183 Å². The topological polar surface area (TPSA) is 18.5 Å². The van der Waals surface area contributed by atoms with Gasteiger partial charge in [-0.3, -0.25) is 0 Å². The highest BCUT2D eigenvalue weighted by molar-refractivity contribution is 6.44. The summed E-state index contributed by atoms with van der Waals surface area (Å²) in [5.74, 6) is 0. The minimum absolute atomic E-state index is 0.391. The van der Waals surface area contributed by atoms with Crippen molar-refractivity contribution in [3.63, 3.8) is 0 Å². The van der Waals surface area contributed by atoms with Gasteiger partial charge in [-0.25, -0.2) is 0 Å². The van der Waals surface area contributed by atoms with Gasteiger partial charge in [-0.05, 0) is 25.6 Å². The van der Waals surface area contributed by atoms with Gasteiger partial charge in [0.05, 0.1) is 0 Å². The van der Waals surface area contributed by atoms with E-state index in [1.165, 1.54) is 121 Å². The van der Waals surface area contributed by atoms with Gasteiger partial charge in [-0.1, -0.05) is 123 Å². The van der Waals surface area contributed by atoms with Crippen molar-refractivity contribution < 1.29 is 7.58 Å². The van der Waals surface area contributed by atoms with E-state index in [1.54, 1.807) is 0 Å². The summed E-state index contributed by atoms with van der Waals surface area (Å²) in [6, 6.07) is 0. The second-order valence-electron chi connectivity index (χ2n) is 8.71. The zero-order valence-corrected chi connectivity index (χ0v) is 21.3. The Morgan fingerprint density at radius 1 is 0.571 bits per heavy atom. The molecule has 1 unspecified atom stereocenters. The van der Waals surface area contributed by atoms with Crippen molar-refractivity contribution in [2.24, 2.45) is 0 Å². The molecule has 0 heterocycles. The average Bonchev–Trinajstić information content (AvgIpc) is 2.69. The minimum Gasteiger partial charge on any atom is -0.479 e. The van der Waals surface area contributed by atoms with E-state index in [4.69, 9.17) is 7.58 Å². The lowest BCUT2D eigenvalue weighted by molar-refractivity contribution is 0.141. The van der Waals surface area contributed by atoms with Crippen LogP contribution >= 0.6 is 0 Å². The first-order chi connectivity index (χ1) is 13.7. The van der Waals surface area contributed by atoms with Crippen LogP contribution < -0.4 is 0 Å². The Morgan fingerprint density at radius 2 is 1.00 bits per heavy atom. The third-order valence-electron chi connectivity index (χ3n) is 5.74. The molecule has 0 N–H and O–H groups in total. The fraction of sp³-hybridized carbons (Fsp3) is 1.00. The second kappa shape index (κ2) is 23.7. The van der Waals surface area contributed by atoms with Crippen molar-refractivity contribution >= 4 is 14.8 Å². The van der Waals surface area contributed by atoms with Crippen LogP contribution in [0.25, 0.3) is 0 Å². The Hall–Kier alpha value is 0.452. The molecule has 0 bridgehead atoms. The molecule has 0 spiro atoms. The number of hydrogen-bond acceptors (Lipinski definition) is 2. The first-order valence-electron chi connectivity index (χ1n) is 13.0. The molecule has 168 valence electrons. The Kier molecular flexibility index (Phi) is 24.1. The molecule has 28 heavy (non-hydrogen) atoms. The molecule has 0 radical (unpaired) electrons. The molecule has 0 aromatic rings. The lowest BCUT2D eigenvalue weighted by atomic mass is 10.0. The van der Waals surface area contributed by atoms with Crippen LogP contribution in [0.3, 0.4) is 0 Å². The molecule has 0 aromatic carbocycles. The Morgan fingerprint density at radius 3 is 1.46 bits per heavy atom. The summed E-state index contributed by atoms with van der Waals surface area (Å²) in [6.45, 7) is 9.76. The zero-order chi connectivity index (χ0) is 20.7. The van der Waals surface area contributed by atoms with Gasteiger partial charge in [-0.2, -0.15) is 0 Å². The molecule has 0 saturated heterocycles. The highest BCUT2D eigenvalue weighted by Crippen LogP contribution is 2.16. The van der Waals surface area contributed by atoms with Crippen LogP contribution in [0.5, 0.6) is 0 Å². The lowest BCUT2D eigenvalue weighted by Gasteiger charge is -2.19. The summed E-state index contributed by atoms with van der Waals surface area (Å²) in [4.78, 5) is 0. The standard InChI is InChI=1S/C15H31O.C8H17.C2H5O.Al/c1-3-4-5-6-7-8-9-10-11-12-13-14-15(2)16;1-3-5-7-8-6-4-2;1-2-3;/h15H,3-14H2,1-2H3;1,3-8H2,2H3;2H2,1H3;/q-1;;-1;+2. The van der Waals surface area contributed by atoms with E-state index in [9.17, 15) is 0 Å². The summed E-state index contributed by atoms with van der Waals surface area (Å²) < 4.78 is 12.3. The van der Waals surface area contributed by atoms with Crippen LogP contribution in [-0.2, 0) is 7.58 Å². The lowest BCUT2D eigenvalue weighted by Crippen LogP contribution is -2.27. The van der Waals surface area contributed by atoms with Gasteiger partial charge in [0.15, 0.2) is 0 Å². The van der Waals surface area contributed by atoms with Crippen molar-refractivity contribution in [1.82, 2.24) is 0 Å². The molecule has 0 aliphatic rings. The smallest absolute Gasteiger partial charge is 0.479 e. The first kappa shape index (κ1) is 28.5. The highest BCUT2D eigenvalue weighted by atomic mass is 27.2. The maximum absolute atomic E-state index is 6.33. The molecule has 0 saturated carbocycles. The zero-order valence-electron chi connectivity index (χ0n) is 20.1. The third-order valence-corrected chi connectivity index (χ3v) is 8.10. The van der Waals surface area contributed by atoms with Crippen LogP contribution in [0.1, 0.15) is 143 Å². The van der Waals surface area contributed by atoms with E-state index < -0.39 is 14.8 Å². The molecule has 0 fully saturated rings. The predicted octanol–water partition coefficient (Wildman–Crippen LogP) is 8.98. The molecule has 1 atom stereocenters. The van der Waals surface area contributed by atoms with Gasteiger partial charge in [0, 0.05) is 12.7 Å². The monoisotopic (exact) mass is 412 g/mol. The maximum Gasteiger partial charge on any atom is 0.674 e. The van der Waals surface area contributed by atoms with E-state index in [-0.39, 0.29) is 0 Å². The Bertz CT molecular complexity index is 286. The van der Waals surface area contributed by atoms with Crippen molar-refractivity contribution in [2.75, 3.05) is 6.61 Å². The SMILES string of the molecule is CCCCCCCCCCCCCC(C)[O][Al]([CH2]CCCCCCC)[O]CC. The van der Waals surface area contributed by atoms with Crippen LogP contribution in [0.4, 0.5) is 0 Å². The van der Waals surface area contributed by atoms with Gasteiger partial charge < -0.3 is 7.58 Å². The molecule has 0 aliphatic carbocycles. The van der Waals surface area contributed by atoms with E-state index in [0.717, 1.165) is 6.61 Å². The van der Waals surface area contributed by atoms with Crippen molar-refractivity contribution in [1.29, 1.82) is 0 Å². The fourth-order valence-corrected chi connectivity index (χ4v) is 5.92. The molecule has 0 aliphatic heterocycles. The quantitative estimate of drug-likeness (QED) is 0.123. The van der Waals surface area contributed by atoms with E-state index in [2.05, 4.69) is 27.7 Å².